The Hall–Kier alpha value is -3.15. The summed E-state index contributed by atoms with van der Waals surface area (Å²) in [6.45, 7) is 3.08. The largest absolute Gasteiger partial charge is 0.383 e. The number of fused-ring (bicyclic) bond motifs is 1. The van der Waals surface area contributed by atoms with Gasteiger partial charge >= 0.3 is 0 Å². The molecule has 0 unspecified atom stereocenters. The fourth-order valence-corrected chi connectivity index (χ4v) is 3.61. The van der Waals surface area contributed by atoms with Crippen molar-refractivity contribution in [3.05, 3.63) is 66.6 Å². The molecule has 28 heavy (non-hydrogen) atoms. The minimum atomic E-state index is -0.213. The van der Waals surface area contributed by atoms with Gasteiger partial charge in [0.25, 0.3) is 0 Å². The Labute approximate surface area is 163 Å². The van der Waals surface area contributed by atoms with Crippen LogP contribution in [0.3, 0.4) is 0 Å². The predicted molar refractivity (Wildman–Crippen MR) is 110 cm³/mol. The Morgan fingerprint density at radius 3 is 2.61 bits per heavy atom. The maximum absolute atomic E-state index is 13.9. The van der Waals surface area contributed by atoms with Gasteiger partial charge in [0.15, 0.2) is 0 Å². The van der Waals surface area contributed by atoms with Crippen LogP contribution in [0.1, 0.15) is 6.42 Å². The summed E-state index contributed by atoms with van der Waals surface area (Å²) in [7, 11) is 0. The molecule has 2 aromatic carbocycles. The van der Waals surface area contributed by atoms with Crippen LogP contribution in [0.2, 0.25) is 0 Å². The second-order valence-corrected chi connectivity index (χ2v) is 6.88. The van der Waals surface area contributed by atoms with E-state index in [0.29, 0.717) is 44.8 Å². The molecule has 1 aliphatic heterocycles. The molecule has 1 saturated heterocycles. The average Bonchev–Trinajstić information content (AvgIpc) is 2.74. The summed E-state index contributed by atoms with van der Waals surface area (Å²) in [5, 5.41) is 4.40. The lowest BCUT2D eigenvalue weighted by atomic mass is 10.2. The number of para-hydroxylation sites is 2. The zero-order valence-corrected chi connectivity index (χ0v) is 15.6. The van der Waals surface area contributed by atoms with Gasteiger partial charge in [-0.25, -0.2) is 4.39 Å². The number of carbonyl (C=O) groups excluding carboxylic acids is 1. The first-order chi connectivity index (χ1) is 13.7. The molecule has 1 N–H and O–H groups in total. The molecule has 0 spiro atoms. The lowest BCUT2D eigenvalue weighted by Gasteiger charge is -2.36. The highest BCUT2D eigenvalue weighted by atomic mass is 19.1. The van der Waals surface area contributed by atoms with Gasteiger partial charge in [-0.05, 0) is 24.3 Å². The molecule has 5 nitrogen and oxygen atoms in total. The Morgan fingerprint density at radius 2 is 1.79 bits per heavy atom. The van der Waals surface area contributed by atoms with E-state index in [0.717, 1.165) is 16.6 Å². The van der Waals surface area contributed by atoms with Crippen molar-refractivity contribution in [1.82, 2.24) is 9.88 Å². The minimum Gasteiger partial charge on any atom is -0.383 e. The number of carbonyl (C=O) groups is 1. The van der Waals surface area contributed by atoms with E-state index in [9.17, 15) is 9.18 Å². The molecule has 0 saturated carbocycles. The number of pyridine rings is 1. The Morgan fingerprint density at radius 1 is 1.00 bits per heavy atom. The van der Waals surface area contributed by atoms with E-state index in [-0.39, 0.29) is 11.7 Å². The zero-order valence-electron chi connectivity index (χ0n) is 15.6. The third-order valence-electron chi connectivity index (χ3n) is 5.11. The number of piperazine rings is 1. The van der Waals surface area contributed by atoms with E-state index in [1.165, 1.54) is 6.07 Å². The van der Waals surface area contributed by atoms with Crippen molar-refractivity contribution in [1.29, 1.82) is 0 Å². The zero-order chi connectivity index (χ0) is 19.3. The van der Waals surface area contributed by atoms with Crippen molar-refractivity contribution in [2.24, 2.45) is 0 Å². The van der Waals surface area contributed by atoms with Gasteiger partial charge in [-0.15, -0.1) is 0 Å². The van der Waals surface area contributed by atoms with Crippen molar-refractivity contribution < 1.29 is 9.18 Å². The topological polar surface area (TPSA) is 48.5 Å². The summed E-state index contributed by atoms with van der Waals surface area (Å²) >= 11 is 0. The number of aromatic nitrogens is 1. The van der Waals surface area contributed by atoms with Crippen molar-refractivity contribution in [2.75, 3.05) is 42.9 Å². The van der Waals surface area contributed by atoms with Crippen molar-refractivity contribution in [2.45, 2.75) is 6.42 Å². The normalized spacial score (nSPS) is 14.3. The minimum absolute atomic E-state index is 0.119. The molecular formula is C22H23FN4O. The molecule has 4 rings (SSSR count). The maximum atomic E-state index is 13.9. The number of amides is 1. The van der Waals surface area contributed by atoms with Crippen LogP contribution in [-0.4, -0.2) is 48.5 Å². The van der Waals surface area contributed by atoms with Gasteiger partial charge < -0.3 is 15.1 Å². The smallest absolute Gasteiger partial charge is 0.224 e. The van der Waals surface area contributed by atoms with E-state index < -0.39 is 0 Å². The number of nitrogens with zero attached hydrogens (tertiary/aromatic N) is 3. The van der Waals surface area contributed by atoms with Crippen LogP contribution in [-0.2, 0) is 4.79 Å². The van der Waals surface area contributed by atoms with Crippen LogP contribution in [0.15, 0.2) is 60.8 Å². The summed E-state index contributed by atoms with van der Waals surface area (Å²) in [6.07, 6.45) is 2.19. The lowest BCUT2D eigenvalue weighted by molar-refractivity contribution is -0.131. The molecule has 0 atom stereocenters. The summed E-state index contributed by atoms with van der Waals surface area (Å²) in [4.78, 5) is 20.8. The first-order valence-electron chi connectivity index (χ1n) is 9.57. The van der Waals surface area contributed by atoms with E-state index >= 15 is 0 Å². The highest BCUT2D eigenvalue weighted by molar-refractivity contribution is 5.90. The number of rotatable bonds is 5. The number of hydrogen-bond donors (Lipinski definition) is 1. The molecule has 144 valence electrons. The Balaban J connectivity index is 1.29. The van der Waals surface area contributed by atoms with Gasteiger partial charge in [0.2, 0.25) is 5.91 Å². The third kappa shape index (κ3) is 3.91. The number of halogens is 1. The molecule has 6 heteroatoms. The quantitative estimate of drug-likeness (QED) is 0.738. The van der Waals surface area contributed by atoms with Gasteiger partial charge in [-0.3, -0.25) is 9.78 Å². The second-order valence-electron chi connectivity index (χ2n) is 6.88. The van der Waals surface area contributed by atoms with E-state index in [1.54, 1.807) is 18.3 Å². The lowest BCUT2D eigenvalue weighted by Crippen LogP contribution is -2.49. The highest BCUT2D eigenvalue weighted by Crippen LogP contribution is 2.21. The highest BCUT2D eigenvalue weighted by Gasteiger charge is 2.22. The third-order valence-corrected chi connectivity index (χ3v) is 5.11. The first-order valence-corrected chi connectivity index (χ1v) is 9.57. The van der Waals surface area contributed by atoms with Gasteiger partial charge in [0, 0.05) is 50.7 Å². The molecule has 1 amide bonds. The molecule has 0 radical (unpaired) electrons. The molecule has 0 aliphatic carbocycles. The molecule has 1 aliphatic rings. The molecule has 0 bridgehead atoms. The molecule has 2 heterocycles. The standard InChI is InChI=1S/C22H23FN4O/c23-18-7-1-2-9-20(18)26-13-15-27(16-14-26)21(28)10-12-24-19-8-3-5-17-6-4-11-25-22(17)19/h1-9,11,24H,10,12-16H2. The summed E-state index contributed by atoms with van der Waals surface area (Å²) in [6, 6.07) is 16.7. The van der Waals surface area contributed by atoms with Gasteiger partial charge in [-0.1, -0.05) is 30.3 Å². The SMILES string of the molecule is O=C(CCNc1cccc2cccnc12)N1CCN(c2ccccc2F)CC1. The summed E-state index contributed by atoms with van der Waals surface area (Å²) < 4.78 is 13.9. The van der Waals surface area contributed by atoms with Crippen LogP contribution in [0.25, 0.3) is 10.9 Å². The van der Waals surface area contributed by atoms with Crippen molar-refractivity contribution >= 4 is 28.2 Å². The fraction of sp³-hybridized carbons (Fsp3) is 0.273. The fourth-order valence-electron chi connectivity index (χ4n) is 3.61. The van der Waals surface area contributed by atoms with E-state index in [2.05, 4.69) is 10.3 Å². The number of nitrogens with one attached hydrogen (secondary N) is 1. The number of benzene rings is 2. The Bertz CT molecular complexity index is 964. The van der Waals surface area contributed by atoms with Crippen LogP contribution in [0.4, 0.5) is 15.8 Å². The molecule has 3 aromatic rings. The van der Waals surface area contributed by atoms with Gasteiger partial charge in [0.05, 0.1) is 16.9 Å². The van der Waals surface area contributed by atoms with Crippen LogP contribution in [0.5, 0.6) is 0 Å². The molecule has 1 aromatic heterocycles. The van der Waals surface area contributed by atoms with Gasteiger partial charge in [-0.2, -0.15) is 0 Å². The first kappa shape index (κ1) is 18.2. The summed E-state index contributed by atoms with van der Waals surface area (Å²) in [5.74, 6) is -0.0935. The average molecular weight is 378 g/mol. The van der Waals surface area contributed by atoms with Crippen molar-refractivity contribution in [3.8, 4) is 0 Å². The van der Waals surface area contributed by atoms with E-state index in [4.69, 9.17) is 0 Å². The second kappa shape index (κ2) is 8.25. The maximum Gasteiger partial charge on any atom is 0.224 e. The Kier molecular flexibility index (Phi) is 5.37. The van der Waals surface area contributed by atoms with Crippen molar-refractivity contribution in [3.63, 3.8) is 0 Å². The monoisotopic (exact) mass is 378 g/mol. The van der Waals surface area contributed by atoms with Gasteiger partial charge in [0.1, 0.15) is 5.82 Å². The number of hydrogen-bond acceptors (Lipinski definition) is 4. The molecular weight excluding hydrogens is 355 g/mol. The molecule has 1 fully saturated rings. The number of anilines is 2. The van der Waals surface area contributed by atoms with Crippen LogP contribution >= 0.6 is 0 Å². The van der Waals surface area contributed by atoms with Crippen LogP contribution < -0.4 is 10.2 Å². The van der Waals surface area contributed by atoms with E-state index in [1.807, 2.05) is 46.2 Å². The summed E-state index contributed by atoms with van der Waals surface area (Å²) in [5.41, 5.74) is 2.46. The van der Waals surface area contributed by atoms with Crippen LogP contribution in [0, 0.1) is 5.82 Å². The predicted octanol–water partition coefficient (Wildman–Crippen LogP) is 3.52.